The number of carboxylic acid groups (broad SMARTS) is 1. The fourth-order valence-electron chi connectivity index (χ4n) is 2.98. The molecular weight excluding hydrogens is 274 g/mol. The number of hydrogen-bond acceptors (Lipinski definition) is 2. The summed E-state index contributed by atoms with van der Waals surface area (Å²) in [5.41, 5.74) is 0.922. The van der Waals surface area contributed by atoms with Gasteiger partial charge in [-0.25, -0.2) is 0 Å². The largest absolute Gasteiger partial charge is 0.480 e. The molecule has 0 heterocycles. The van der Waals surface area contributed by atoms with Gasteiger partial charge in [0.05, 0.1) is 0 Å². The molecule has 0 bridgehead atoms. The van der Waals surface area contributed by atoms with Gasteiger partial charge in [-0.2, -0.15) is 0 Å². The number of carboxylic acids is 1. The van der Waals surface area contributed by atoms with Crippen molar-refractivity contribution in [1.29, 1.82) is 0 Å². The summed E-state index contributed by atoms with van der Waals surface area (Å²) in [6.45, 7) is 0.0466. The number of benzene rings is 1. The molecule has 0 saturated heterocycles. The summed E-state index contributed by atoms with van der Waals surface area (Å²) >= 11 is 6.05. The molecular formula is C16H22ClNO2. The van der Waals surface area contributed by atoms with Crippen molar-refractivity contribution in [2.24, 2.45) is 0 Å². The van der Waals surface area contributed by atoms with Crippen LogP contribution in [0.1, 0.15) is 44.9 Å². The van der Waals surface area contributed by atoms with E-state index in [1.165, 1.54) is 32.1 Å². The van der Waals surface area contributed by atoms with Gasteiger partial charge in [-0.1, -0.05) is 49.8 Å². The maximum Gasteiger partial charge on any atom is 0.323 e. The van der Waals surface area contributed by atoms with Crippen molar-refractivity contribution in [3.63, 3.8) is 0 Å². The molecule has 0 atom stereocenters. The van der Waals surface area contributed by atoms with Crippen molar-refractivity contribution in [2.75, 3.05) is 11.4 Å². The molecule has 20 heavy (non-hydrogen) atoms. The topological polar surface area (TPSA) is 40.5 Å². The molecule has 1 N–H and O–H groups in total. The summed E-state index contributed by atoms with van der Waals surface area (Å²) in [7, 11) is 0. The predicted molar refractivity (Wildman–Crippen MR) is 82.5 cm³/mol. The van der Waals surface area contributed by atoms with E-state index in [2.05, 4.69) is 0 Å². The Balaban J connectivity index is 2.18. The van der Waals surface area contributed by atoms with Gasteiger partial charge in [-0.3, -0.25) is 4.79 Å². The number of nitrogens with zero attached hydrogens (tertiary/aromatic N) is 1. The lowest BCUT2D eigenvalue weighted by molar-refractivity contribution is -0.135. The fraction of sp³-hybridized carbons (Fsp3) is 0.562. The summed E-state index contributed by atoms with van der Waals surface area (Å²) in [5, 5.41) is 9.85. The van der Waals surface area contributed by atoms with Crippen LogP contribution in [-0.2, 0) is 4.79 Å². The number of rotatable bonds is 4. The van der Waals surface area contributed by atoms with Crippen LogP contribution in [0.5, 0.6) is 0 Å². The minimum Gasteiger partial charge on any atom is -0.480 e. The Morgan fingerprint density at radius 2 is 1.85 bits per heavy atom. The zero-order valence-corrected chi connectivity index (χ0v) is 12.5. The molecule has 2 rings (SSSR count). The van der Waals surface area contributed by atoms with Gasteiger partial charge in [0.15, 0.2) is 0 Å². The third-order valence-corrected chi connectivity index (χ3v) is 4.20. The molecule has 0 aromatic heterocycles. The molecule has 3 nitrogen and oxygen atoms in total. The van der Waals surface area contributed by atoms with Crippen molar-refractivity contribution in [3.8, 4) is 0 Å². The average molecular weight is 296 g/mol. The van der Waals surface area contributed by atoms with Gasteiger partial charge in [0, 0.05) is 16.8 Å². The molecule has 110 valence electrons. The predicted octanol–water partition coefficient (Wildman–Crippen LogP) is 4.34. The maximum atomic E-state index is 11.2. The highest BCUT2D eigenvalue weighted by Crippen LogP contribution is 2.27. The summed E-state index contributed by atoms with van der Waals surface area (Å²) in [4.78, 5) is 13.2. The Kier molecular flexibility index (Phi) is 5.72. The maximum absolute atomic E-state index is 11.2. The van der Waals surface area contributed by atoms with Crippen LogP contribution < -0.4 is 4.90 Å². The summed E-state index contributed by atoms with van der Waals surface area (Å²) < 4.78 is 0. The number of aliphatic carboxylic acids is 1. The first kappa shape index (κ1) is 15.2. The molecule has 0 amide bonds. The summed E-state index contributed by atoms with van der Waals surface area (Å²) in [6, 6.07) is 7.83. The highest BCUT2D eigenvalue weighted by molar-refractivity contribution is 6.30. The van der Waals surface area contributed by atoms with Crippen LogP contribution in [0, 0.1) is 0 Å². The second kappa shape index (κ2) is 7.53. The zero-order chi connectivity index (χ0) is 14.4. The molecule has 1 aromatic carbocycles. The highest BCUT2D eigenvalue weighted by atomic mass is 35.5. The molecule has 1 aromatic rings. The molecule has 0 radical (unpaired) electrons. The van der Waals surface area contributed by atoms with Crippen LogP contribution in [0.15, 0.2) is 24.3 Å². The van der Waals surface area contributed by atoms with E-state index in [0.717, 1.165) is 18.5 Å². The molecule has 0 unspecified atom stereocenters. The van der Waals surface area contributed by atoms with E-state index in [0.29, 0.717) is 11.1 Å². The third kappa shape index (κ3) is 4.41. The Hall–Kier alpha value is -1.22. The van der Waals surface area contributed by atoms with Crippen LogP contribution >= 0.6 is 11.6 Å². The minimum atomic E-state index is -0.785. The molecule has 1 aliphatic carbocycles. The normalized spacial score (nSPS) is 17.2. The molecule has 1 fully saturated rings. The van der Waals surface area contributed by atoms with Crippen LogP contribution in [0.3, 0.4) is 0 Å². The van der Waals surface area contributed by atoms with Crippen LogP contribution in [0.2, 0.25) is 5.02 Å². The van der Waals surface area contributed by atoms with Crippen molar-refractivity contribution < 1.29 is 9.90 Å². The van der Waals surface area contributed by atoms with E-state index in [-0.39, 0.29) is 6.54 Å². The van der Waals surface area contributed by atoms with E-state index >= 15 is 0 Å². The van der Waals surface area contributed by atoms with E-state index in [1.54, 1.807) is 0 Å². The monoisotopic (exact) mass is 295 g/mol. The second-order valence-corrected chi connectivity index (χ2v) is 5.94. The van der Waals surface area contributed by atoms with Gasteiger partial charge in [-0.05, 0) is 31.0 Å². The highest BCUT2D eigenvalue weighted by Gasteiger charge is 2.22. The number of carbonyl (C=O) groups is 1. The minimum absolute atomic E-state index is 0.0466. The van der Waals surface area contributed by atoms with E-state index in [9.17, 15) is 9.90 Å². The Morgan fingerprint density at radius 1 is 1.20 bits per heavy atom. The summed E-state index contributed by atoms with van der Waals surface area (Å²) in [6.07, 6.45) is 8.32. The van der Waals surface area contributed by atoms with Gasteiger partial charge >= 0.3 is 5.97 Å². The number of anilines is 1. The molecule has 4 heteroatoms. The lowest BCUT2D eigenvalue weighted by Crippen LogP contribution is -2.39. The van der Waals surface area contributed by atoms with E-state index in [1.807, 2.05) is 29.2 Å². The smallest absolute Gasteiger partial charge is 0.323 e. The van der Waals surface area contributed by atoms with Gasteiger partial charge in [0.2, 0.25) is 0 Å². The standard InChI is InChI=1S/C16H22ClNO2/c17-13-7-6-10-15(11-13)18(12-16(19)20)14-8-4-2-1-3-5-9-14/h6-7,10-11,14H,1-5,8-9,12H2,(H,19,20). The first-order chi connectivity index (χ1) is 9.66. The van der Waals surface area contributed by atoms with Crippen molar-refractivity contribution in [1.82, 2.24) is 0 Å². The van der Waals surface area contributed by atoms with Crippen LogP contribution in [-0.4, -0.2) is 23.7 Å². The van der Waals surface area contributed by atoms with E-state index < -0.39 is 5.97 Å². The van der Waals surface area contributed by atoms with Crippen molar-refractivity contribution in [3.05, 3.63) is 29.3 Å². The second-order valence-electron chi connectivity index (χ2n) is 5.50. The SMILES string of the molecule is O=C(O)CN(c1cccc(Cl)c1)C1CCCCCCC1. The lowest BCUT2D eigenvalue weighted by Gasteiger charge is -2.34. The zero-order valence-electron chi connectivity index (χ0n) is 11.7. The van der Waals surface area contributed by atoms with Crippen molar-refractivity contribution >= 4 is 23.3 Å². The first-order valence-electron chi connectivity index (χ1n) is 7.41. The average Bonchev–Trinajstić information content (AvgIpc) is 2.36. The Labute approximate surface area is 125 Å². The van der Waals surface area contributed by atoms with Gasteiger partial charge < -0.3 is 10.0 Å². The van der Waals surface area contributed by atoms with E-state index in [4.69, 9.17) is 11.6 Å². The first-order valence-corrected chi connectivity index (χ1v) is 7.78. The number of hydrogen-bond donors (Lipinski definition) is 1. The summed E-state index contributed by atoms with van der Waals surface area (Å²) in [5.74, 6) is -0.785. The fourth-order valence-corrected chi connectivity index (χ4v) is 3.16. The van der Waals surface area contributed by atoms with Crippen LogP contribution in [0.4, 0.5) is 5.69 Å². The molecule has 0 aliphatic heterocycles. The van der Waals surface area contributed by atoms with Gasteiger partial charge in [0.1, 0.15) is 6.54 Å². The van der Waals surface area contributed by atoms with Gasteiger partial charge in [0.25, 0.3) is 0 Å². The van der Waals surface area contributed by atoms with Crippen LogP contribution in [0.25, 0.3) is 0 Å². The quantitative estimate of drug-likeness (QED) is 0.898. The van der Waals surface area contributed by atoms with Gasteiger partial charge in [-0.15, -0.1) is 0 Å². The molecule has 1 saturated carbocycles. The lowest BCUT2D eigenvalue weighted by atomic mass is 9.95. The number of halogens is 1. The Bertz CT molecular complexity index is 442. The van der Waals surface area contributed by atoms with Crippen molar-refractivity contribution in [2.45, 2.75) is 51.0 Å². The molecule has 1 aliphatic rings. The third-order valence-electron chi connectivity index (χ3n) is 3.96. The molecule has 0 spiro atoms. The Morgan fingerprint density at radius 3 is 2.45 bits per heavy atom.